The van der Waals surface area contributed by atoms with E-state index in [1.807, 2.05) is 6.92 Å². The lowest BCUT2D eigenvalue weighted by Crippen LogP contribution is -2.56. The summed E-state index contributed by atoms with van der Waals surface area (Å²) < 4.78 is 5.69. The molecule has 0 saturated carbocycles. The van der Waals surface area contributed by atoms with Crippen molar-refractivity contribution in [2.75, 3.05) is 19.7 Å². The van der Waals surface area contributed by atoms with Crippen molar-refractivity contribution in [3.8, 4) is 11.8 Å². The maximum atomic E-state index is 5.92. The molecular formula is C13H24N2O. The van der Waals surface area contributed by atoms with Crippen LogP contribution in [-0.2, 0) is 4.74 Å². The van der Waals surface area contributed by atoms with Crippen molar-refractivity contribution in [1.29, 1.82) is 0 Å². The minimum atomic E-state index is 0.0777. The first-order chi connectivity index (χ1) is 7.76. The van der Waals surface area contributed by atoms with Gasteiger partial charge in [0, 0.05) is 31.7 Å². The molecule has 0 bridgehead atoms. The van der Waals surface area contributed by atoms with Gasteiger partial charge in [0.15, 0.2) is 0 Å². The third-order valence-corrected chi connectivity index (χ3v) is 3.33. The molecule has 1 fully saturated rings. The van der Waals surface area contributed by atoms with Gasteiger partial charge in [0.05, 0.1) is 6.10 Å². The van der Waals surface area contributed by atoms with Crippen molar-refractivity contribution in [3.63, 3.8) is 0 Å². The second-order valence-electron chi connectivity index (χ2n) is 4.44. The van der Waals surface area contributed by atoms with Gasteiger partial charge in [-0.1, -0.05) is 6.92 Å². The van der Waals surface area contributed by atoms with Crippen LogP contribution in [0.1, 0.15) is 39.5 Å². The summed E-state index contributed by atoms with van der Waals surface area (Å²) >= 11 is 0. The summed E-state index contributed by atoms with van der Waals surface area (Å²) in [4.78, 5) is 0. The second kappa shape index (κ2) is 6.90. The summed E-state index contributed by atoms with van der Waals surface area (Å²) in [5.41, 5.74) is 5.99. The van der Waals surface area contributed by atoms with Crippen LogP contribution in [0.25, 0.3) is 0 Å². The number of hydrogen-bond donors (Lipinski definition) is 2. The quantitative estimate of drug-likeness (QED) is 0.546. The van der Waals surface area contributed by atoms with Crippen LogP contribution in [-0.4, -0.2) is 31.3 Å². The molecule has 2 unspecified atom stereocenters. The standard InChI is InChI=1S/C13H24N2O/c1-3-5-6-8-15-13(11-14)7-9-16-12(4-2)10-13/h12,15H,4,6-11,14H2,1-2H3. The molecule has 1 heterocycles. The Morgan fingerprint density at radius 3 is 3.00 bits per heavy atom. The van der Waals surface area contributed by atoms with Gasteiger partial charge in [0.1, 0.15) is 0 Å². The van der Waals surface area contributed by atoms with E-state index < -0.39 is 0 Å². The Balaban J connectivity index is 2.44. The van der Waals surface area contributed by atoms with E-state index in [-0.39, 0.29) is 5.54 Å². The predicted molar refractivity (Wildman–Crippen MR) is 67.1 cm³/mol. The average Bonchev–Trinajstić information content (AvgIpc) is 2.35. The van der Waals surface area contributed by atoms with E-state index in [0.717, 1.165) is 38.8 Å². The zero-order valence-electron chi connectivity index (χ0n) is 10.5. The Bertz CT molecular complexity index is 256. The highest BCUT2D eigenvalue weighted by Gasteiger charge is 2.34. The molecule has 0 spiro atoms. The van der Waals surface area contributed by atoms with Crippen molar-refractivity contribution in [2.24, 2.45) is 5.73 Å². The van der Waals surface area contributed by atoms with Crippen LogP contribution in [0.3, 0.4) is 0 Å². The van der Waals surface area contributed by atoms with E-state index in [0.29, 0.717) is 12.6 Å². The molecule has 0 radical (unpaired) electrons. The van der Waals surface area contributed by atoms with Gasteiger partial charge in [-0.2, -0.15) is 0 Å². The Morgan fingerprint density at radius 1 is 1.56 bits per heavy atom. The highest BCUT2D eigenvalue weighted by molar-refractivity contribution is 4.98. The minimum absolute atomic E-state index is 0.0777. The van der Waals surface area contributed by atoms with Crippen molar-refractivity contribution in [3.05, 3.63) is 0 Å². The summed E-state index contributed by atoms with van der Waals surface area (Å²) in [7, 11) is 0. The van der Waals surface area contributed by atoms with Crippen molar-refractivity contribution < 1.29 is 4.74 Å². The van der Waals surface area contributed by atoms with Gasteiger partial charge < -0.3 is 15.8 Å². The fraction of sp³-hybridized carbons (Fsp3) is 0.846. The van der Waals surface area contributed by atoms with Gasteiger partial charge in [-0.3, -0.25) is 0 Å². The molecule has 0 amide bonds. The fourth-order valence-electron chi connectivity index (χ4n) is 2.21. The van der Waals surface area contributed by atoms with E-state index in [1.165, 1.54) is 0 Å². The zero-order chi connectivity index (χ0) is 11.9. The summed E-state index contributed by atoms with van der Waals surface area (Å²) in [5.74, 6) is 5.98. The lowest BCUT2D eigenvalue weighted by Gasteiger charge is -2.40. The summed E-state index contributed by atoms with van der Waals surface area (Å²) in [6.45, 7) is 6.48. The third kappa shape index (κ3) is 3.79. The van der Waals surface area contributed by atoms with Gasteiger partial charge in [0.25, 0.3) is 0 Å². The molecule has 0 aliphatic carbocycles. The third-order valence-electron chi connectivity index (χ3n) is 3.33. The molecule has 1 saturated heterocycles. The van der Waals surface area contributed by atoms with E-state index in [1.54, 1.807) is 0 Å². The SMILES string of the molecule is CC#CCCNC1(CN)CCOC(CC)C1. The van der Waals surface area contributed by atoms with Crippen LogP contribution in [0.2, 0.25) is 0 Å². The van der Waals surface area contributed by atoms with Gasteiger partial charge in [0.2, 0.25) is 0 Å². The molecule has 0 aromatic carbocycles. The maximum absolute atomic E-state index is 5.92. The van der Waals surface area contributed by atoms with Crippen LogP contribution >= 0.6 is 0 Å². The van der Waals surface area contributed by atoms with Crippen LogP contribution in [0.5, 0.6) is 0 Å². The molecule has 1 rings (SSSR count). The minimum Gasteiger partial charge on any atom is -0.378 e. The number of ether oxygens (including phenoxy) is 1. The van der Waals surface area contributed by atoms with Crippen LogP contribution in [0, 0.1) is 11.8 Å². The van der Waals surface area contributed by atoms with Crippen LogP contribution in [0.15, 0.2) is 0 Å². The normalized spacial score (nSPS) is 29.6. The van der Waals surface area contributed by atoms with Crippen LogP contribution < -0.4 is 11.1 Å². The van der Waals surface area contributed by atoms with E-state index >= 15 is 0 Å². The topological polar surface area (TPSA) is 47.3 Å². The lowest BCUT2D eigenvalue weighted by molar-refractivity contribution is -0.0276. The van der Waals surface area contributed by atoms with Crippen molar-refractivity contribution >= 4 is 0 Å². The van der Waals surface area contributed by atoms with Gasteiger partial charge >= 0.3 is 0 Å². The molecular weight excluding hydrogens is 200 g/mol. The highest BCUT2D eigenvalue weighted by atomic mass is 16.5. The fourth-order valence-corrected chi connectivity index (χ4v) is 2.21. The number of nitrogens with two attached hydrogens (primary N) is 1. The summed E-state index contributed by atoms with van der Waals surface area (Å²) in [6, 6.07) is 0. The molecule has 1 aliphatic heterocycles. The molecule has 16 heavy (non-hydrogen) atoms. The molecule has 2 atom stereocenters. The number of hydrogen-bond acceptors (Lipinski definition) is 3. The zero-order valence-corrected chi connectivity index (χ0v) is 10.5. The molecule has 3 heteroatoms. The Kier molecular flexibility index (Phi) is 5.83. The monoisotopic (exact) mass is 224 g/mol. The van der Waals surface area contributed by atoms with Gasteiger partial charge in [-0.15, -0.1) is 11.8 Å². The van der Waals surface area contributed by atoms with Crippen LogP contribution in [0.4, 0.5) is 0 Å². The second-order valence-corrected chi connectivity index (χ2v) is 4.44. The first kappa shape index (κ1) is 13.5. The van der Waals surface area contributed by atoms with E-state index in [2.05, 4.69) is 24.1 Å². The first-order valence-corrected chi connectivity index (χ1v) is 6.22. The molecule has 3 nitrogen and oxygen atoms in total. The number of rotatable bonds is 5. The Labute approximate surface area is 99.1 Å². The predicted octanol–water partition coefficient (Wildman–Crippen LogP) is 1.28. The summed E-state index contributed by atoms with van der Waals surface area (Å²) in [5, 5.41) is 3.58. The Morgan fingerprint density at radius 2 is 2.38 bits per heavy atom. The molecule has 0 aromatic rings. The van der Waals surface area contributed by atoms with Crippen molar-refractivity contribution in [2.45, 2.75) is 51.2 Å². The maximum Gasteiger partial charge on any atom is 0.0590 e. The molecule has 1 aliphatic rings. The van der Waals surface area contributed by atoms with Gasteiger partial charge in [-0.25, -0.2) is 0 Å². The van der Waals surface area contributed by atoms with E-state index in [9.17, 15) is 0 Å². The smallest absolute Gasteiger partial charge is 0.0590 e. The summed E-state index contributed by atoms with van der Waals surface area (Å²) in [6.07, 6.45) is 4.37. The molecule has 0 aromatic heterocycles. The molecule has 92 valence electrons. The largest absolute Gasteiger partial charge is 0.378 e. The number of nitrogens with one attached hydrogen (secondary N) is 1. The Hall–Kier alpha value is -0.560. The highest BCUT2D eigenvalue weighted by Crippen LogP contribution is 2.25. The first-order valence-electron chi connectivity index (χ1n) is 6.22. The average molecular weight is 224 g/mol. The van der Waals surface area contributed by atoms with Crippen molar-refractivity contribution in [1.82, 2.24) is 5.32 Å². The van der Waals surface area contributed by atoms with E-state index in [4.69, 9.17) is 10.5 Å². The van der Waals surface area contributed by atoms with Gasteiger partial charge in [-0.05, 0) is 26.2 Å². The molecule has 3 N–H and O–H groups in total. The lowest BCUT2D eigenvalue weighted by atomic mass is 9.85.